The number of unbranched alkanes of at least 4 members (excludes halogenated alkanes) is 1. The lowest BCUT2D eigenvalue weighted by atomic mass is 10.1. The second kappa shape index (κ2) is 15.1. The second-order valence-electron chi connectivity index (χ2n) is 9.26. The molecule has 0 radical (unpaired) electrons. The first-order valence-electron chi connectivity index (χ1n) is 13.0. The Morgan fingerprint density at radius 1 is 0.878 bits per heavy atom. The number of halogens is 4. The summed E-state index contributed by atoms with van der Waals surface area (Å²) in [5, 5.41) is 3.83. The third kappa shape index (κ3) is 8.52. The molecule has 3 rings (SSSR count). The van der Waals surface area contributed by atoms with Crippen molar-refractivity contribution in [2.24, 2.45) is 0 Å². The van der Waals surface area contributed by atoms with E-state index in [1.807, 2.05) is 6.92 Å². The van der Waals surface area contributed by atoms with E-state index < -0.39 is 28.5 Å². The minimum atomic E-state index is -4.27. The van der Waals surface area contributed by atoms with Crippen LogP contribution >= 0.6 is 46.4 Å². The normalized spacial score (nSPS) is 12.0. The molecule has 3 aromatic carbocycles. The molecule has 220 valence electrons. The molecule has 0 aliphatic rings. The van der Waals surface area contributed by atoms with Crippen LogP contribution in [0.1, 0.15) is 38.7 Å². The van der Waals surface area contributed by atoms with Crippen LogP contribution in [0.3, 0.4) is 0 Å². The number of hydrogen-bond acceptors (Lipinski definition) is 4. The summed E-state index contributed by atoms with van der Waals surface area (Å²) in [6.45, 7) is 3.58. The summed E-state index contributed by atoms with van der Waals surface area (Å²) in [4.78, 5) is 28.7. The zero-order chi connectivity index (χ0) is 30.2. The maximum absolute atomic E-state index is 14.1. The Morgan fingerprint density at radius 2 is 1.56 bits per heavy atom. The Hall–Kier alpha value is -2.49. The van der Waals surface area contributed by atoms with Crippen LogP contribution in [0.15, 0.2) is 71.6 Å². The average molecular weight is 659 g/mol. The fraction of sp³-hybridized carbons (Fsp3) is 0.310. The lowest BCUT2D eigenvalue weighted by Gasteiger charge is -2.33. The van der Waals surface area contributed by atoms with Gasteiger partial charge >= 0.3 is 0 Å². The molecule has 2 amide bonds. The number of benzene rings is 3. The number of carbonyl (C=O) groups is 2. The first-order chi connectivity index (χ1) is 19.5. The highest BCUT2D eigenvalue weighted by atomic mass is 35.5. The quantitative estimate of drug-likeness (QED) is 0.197. The van der Waals surface area contributed by atoms with Gasteiger partial charge in [-0.2, -0.15) is 0 Å². The molecule has 0 bridgehead atoms. The third-order valence-corrected chi connectivity index (χ3v) is 9.41. The molecule has 0 unspecified atom stereocenters. The molecule has 0 aliphatic heterocycles. The molecular weight excluding hydrogens is 628 g/mol. The molecule has 1 N–H and O–H groups in total. The molecule has 7 nitrogen and oxygen atoms in total. The van der Waals surface area contributed by atoms with Crippen molar-refractivity contribution in [3.63, 3.8) is 0 Å². The molecule has 1 atom stereocenters. The van der Waals surface area contributed by atoms with Crippen molar-refractivity contribution in [3.05, 3.63) is 92.4 Å². The van der Waals surface area contributed by atoms with E-state index in [9.17, 15) is 18.0 Å². The second-order valence-corrected chi connectivity index (χ2v) is 12.8. The number of hydrogen-bond donors (Lipinski definition) is 1. The number of nitrogens with one attached hydrogen (secondary N) is 1. The molecule has 0 aliphatic carbocycles. The van der Waals surface area contributed by atoms with Crippen molar-refractivity contribution >= 4 is 73.9 Å². The molecule has 0 saturated heterocycles. The monoisotopic (exact) mass is 657 g/mol. The molecule has 0 aromatic heterocycles. The highest BCUT2D eigenvalue weighted by Crippen LogP contribution is 2.33. The zero-order valence-corrected chi connectivity index (χ0v) is 26.5. The van der Waals surface area contributed by atoms with Gasteiger partial charge in [-0.25, -0.2) is 8.42 Å². The van der Waals surface area contributed by atoms with Gasteiger partial charge in [0.25, 0.3) is 10.0 Å². The molecule has 0 heterocycles. The average Bonchev–Trinajstić information content (AvgIpc) is 2.95. The van der Waals surface area contributed by atoms with Gasteiger partial charge in [-0.3, -0.25) is 13.9 Å². The summed E-state index contributed by atoms with van der Waals surface area (Å²) in [6.07, 6.45) is 1.95. The topological polar surface area (TPSA) is 86.8 Å². The van der Waals surface area contributed by atoms with Gasteiger partial charge < -0.3 is 10.2 Å². The van der Waals surface area contributed by atoms with Crippen molar-refractivity contribution in [1.29, 1.82) is 0 Å². The van der Waals surface area contributed by atoms with Crippen LogP contribution in [0.4, 0.5) is 5.69 Å². The molecule has 0 spiro atoms. The maximum Gasteiger partial charge on any atom is 0.264 e. The number of rotatable bonds is 13. The largest absolute Gasteiger partial charge is 0.354 e. The fourth-order valence-corrected chi connectivity index (χ4v) is 6.37. The maximum atomic E-state index is 14.1. The number of anilines is 1. The van der Waals surface area contributed by atoms with E-state index in [1.54, 1.807) is 43.3 Å². The Balaban J connectivity index is 2.08. The number of nitrogens with zero attached hydrogens (tertiary/aromatic N) is 2. The van der Waals surface area contributed by atoms with E-state index in [0.29, 0.717) is 17.1 Å². The number of carbonyl (C=O) groups excluding carboxylic acids is 2. The SMILES string of the molecule is CCCCNC(=O)[C@H](CC)N(Cc1ccc(Cl)c(Cl)c1)C(=O)CN(c1cc(Cl)ccc1Cl)S(=O)(=O)c1ccccc1. The Bertz CT molecular complexity index is 1470. The molecule has 0 fully saturated rings. The summed E-state index contributed by atoms with van der Waals surface area (Å²) in [5.41, 5.74) is 0.650. The van der Waals surface area contributed by atoms with Crippen LogP contribution in [0.25, 0.3) is 0 Å². The van der Waals surface area contributed by atoms with E-state index in [2.05, 4.69) is 5.32 Å². The highest BCUT2D eigenvalue weighted by Gasteiger charge is 2.34. The predicted molar refractivity (Wildman–Crippen MR) is 166 cm³/mol. The molecule has 12 heteroatoms. The van der Waals surface area contributed by atoms with E-state index in [1.165, 1.54) is 35.2 Å². The van der Waals surface area contributed by atoms with E-state index in [0.717, 1.165) is 17.1 Å². The summed E-state index contributed by atoms with van der Waals surface area (Å²) in [6, 6.07) is 16.1. The van der Waals surface area contributed by atoms with Crippen LogP contribution in [0.5, 0.6) is 0 Å². The van der Waals surface area contributed by atoms with Gasteiger partial charge in [-0.15, -0.1) is 0 Å². The van der Waals surface area contributed by atoms with Gasteiger partial charge in [0.1, 0.15) is 12.6 Å². The highest BCUT2D eigenvalue weighted by molar-refractivity contribution is 7.92. The summed E-state index contributed by atoms with van der Waals surface area (Å²) in [7, 11) is -4.27. The van der Waals surface area contributed by atoms with E-state index in [4.69, 9.17) is 46.4 Å². The standard InChI is InChI=1S/C29H31Cl4N3O4S/c1-3-5-15-34-29(38)26(4-2)35(18-20-11-13-23(31)25(33)16-20)28(37)19-36(27-17-21(30)12-14-24(27)32)41(39,40)22-9-7-6-8-10-22/h6-14,16-17,26H,3-5,15,18-19H2,1-2H3,(H,34,38)/t26-/m0/s1. The first kappa shape index (κ1) is 33.0. The van der Waals surface area contributed by atoms with Gasteiger partial charge in [0, 0.05) is 18.1 Å². The molecule has 3 aromatic rings. The summed E-state index contributed by atoms with van der Waals surface area (Å²) in [5.74, 6) is -0.961. The molecular formula is C29H31Cl4N3O4S. The summed E-state index contributed by atoms with van der Waals surface area (Å²) < 4.78 is 28.7. The Labute approximate surface area is 261 Å². The number of sulfonamides is 1. The summed E-state index contributed by atoms with van der Waals surface area (Å²) >= 11 is 25.0. The molecule has 0 saturated carbocycles. The van der Waals surface area contributed by atoms with Crippen molar-refractivity contribution in [3.8, 4) is 0 Å². The third-order valence-electron chi connectivity index (χ3n) is 6.34. The Kier molecular flexibility index (Phi) is 12.2. The lowest BCUT2D eigenvalue weighted by Crippen LogP contribution is -2.52. The van der Waals surface area contributed by atoms with Crippen LogP contribution in [0.2, 0.25) is 20.1 Å². The minimum Gasteiger partial charge on any atom is -0.354 e. The van der Waals surface area contributed by atoms with Crippen LogP contribution in [-0.4, -0.2) is 44.3 Å². The van der Waals surface area contributed by atoms with E-state index in [-0.39, 0.29) is 44.5 Å². The van der Waals surface area contributed by atoms with Crippen LogP contribution < -0.4 is 9.62 Å². The fourth-order valence-electron chi connectivity index (χ4n) is 4.17. The van der Waals surface area contributed by atoms with Crippen molar-refractivity contribution in [1.82, 2.24) is 10.2 Å². The minimum absolute atomic E-state index is 0.0159. The van der Waals surface area contributed by atoms with Gasteiger partial charge in [0.15, 0.2) is 0 Å². The first-order valence-corrected chi connectivity index (χ1v) is 16.0. The van der Waals surface area contributed by atoms with Crippen LogP contribution in [-0.2, 0) is 26.2 Å². The zero-order valence-electron chi connectivity index (χ0n) is 22.6. The van der Waals surface area contributed by atoms with Crippen molar-refractivity contribution in [2.75, 3.05) is 17.4 Å². The van der Waals surface area contributed by atoms with Gasteiger partial charge in [0.2, 0.25) is 11.8 Å². The predicted octanol–water partition coefficient (Wildman–Crippen LogP) is 7.22. The van der Waals surface area contributed by atoms with Crippen molar-refractivity contribution in [2.45, 2.75) is 50.6 Å². The Morgan fingerprint density at radius 3 is 2.20 bits per heavy atom. The molecule has 41 heavy (non-hydrogen) atoms. The van der Waals surface area contributed by atoms with Crippen LogP contribution in [0, 0.1) is 0 Å². The van der Waals surface area contributed by atoms with E-state index >= 15 is 0 Å². The smallest absolute Gasteiger partial charge is 0.264 e. The van der Waals surface area contributed by atoms with Crippen molar-refractivity contribution < 1.29 is 18.0 Å². The number of amides is 2. The lowest BCUT2D eigenvalue weighted by molar-refractivity contribution is -0.140. The van der Waals surface area contributed by atoms with Gasteiger partial charge in [0.05, 0.1) is 25.7 Å². The van der Waals surface area contributed by atoms with Gasteiger partial charge in [-0.05, 0) is 60.9 Å². The van der Waals surface area contributed by atoms with Gasteiger partial charge in [-0.1, -0.05) is 90.9 Å².